The first-order valence-electron chi connectivity index (χ1n) is 20.5. The van der Waals surface area contributed by atoms with Crippen LogP contribution >= 0.6 is 11.8 Å². The zero-order valence-electron chi connectivity index (χ0n) is 33.6. The lowest BCUT2D eigenvalue weighted by Gasteiger charge is -2.59. The van der Waals surface area contributed by atoms with Crippen LogP contribution in [0.1, 0.15) is 68.9 Å². The lowest BCUT2D eigenvalue weighted by molar-refractivity contribution is -0.256. The molecule has 3 aromatic carbocycles. The SMILES string of the molecule is C=CCOC12Oc3ccc(OCCSc4ccccc4)cc3C3C(CCCCO)C(CCCCO)C=C(C(=NOC)CC1N(Cc1ccc(F)cc1)C(=O)OCC)C32. The van der Waals surface area contributed by atoms with Crippen LogP contribution in [0.3, 0.4) is 0 Å². The average Bonchev–Trinajstić information content (AvgIpc) is 3.23. The van der Waals surface area contributed by atoms with E-state index in [0.29, 0.717) is 36.5 Å². The first-order chi connectivity index (χ1) is 28.4. The van der Waals surface area contributed by atoms with Crippen LogP contribution in [-0.4, -0.2) is 84.6 Å². The highest BCUT2D eigenvalue weighted by Gasteiger charge is 2.65. The van der Waals surface area contributed by atoms with Gasteiger partial charge in [0.05, 0.1) is 31.5 Å². The van der Waals surface area contributed by atoms with Crippen molar-refractivity contribution < 1.29 is 43.2 Å². The molecule has 6 unspecified atom stereocenters. The highest BCUT2D eigenvalue weighted by Crippen LogP contribution is 2.62. The molecule has 2 N–H and O–H groups in total. The highest BCUT2D eigenvalue weighted by molar-refractivity contribution is 7.99. The normalized spacial score (nSPS) is 23.8. The van der Waals surface area contributed by atoms with Gasteiger partial charge >= 0.3 is 6.09 Å². The number of carbonyl (C=O) groups is 1. The largest absolute Gasteiger partial charge is 0.493 e. The van der Waals surface area contributed by atoms with E-state index in [1.165, 1.54) is 24.1 Å². The number of unbranched alkanes of at least 4 members (excludes halogenated alkanes) is 2. The Labute approximate surface area is 346 Å². The molecular formula is C46H57FN2O8S. The molecule has 0 saturated heterocycles. The summed E-state index contributed by atoms with van der Waals surface area (Å²) < 4.78 is 40.5. The Morgan fingerprint density at radius 3 is 2.52 bits per heavy atom. The van der Waals surface area contributed by atoms with Gasteiger partial charge in [-0.05, 0) is 98.0 Å². The molecule has 6 atom stereocenters. The number of halogens is 1. The van der Waals surface area contributed by atoms with E-state index in [4.69, 9.17) is 23.8 Å². The average molecular weight is 817 g/mol. The molecule has 0 spiro atoms. The number of hydrogen-bond donors (Lipinski definition) is 2. The van der Waals surface area contributed by atoms with Crippen LogP contribution in [0.5, 0.6) is 11.5 Å². The van der Waals surface area contributed by atoms with E-state index in [9.17, 15) is 19.4 Å². The van der Waals surface area contributed by atoms with Crippen molar-refractivity contribution in [3.8, 4) is 11.5 Å². The molecule has 58 heavy (non-hydrogen) atoms. The molecule has 1 heterocycles. The molecule has 0 bridgehead atoms. The zero-order valence-corrected chi connectivity index (χ0v) is 34.4. The second-order valence-corrected chi connectivity index (χ2v) is 16.1. The number of ether oxygens (including phenoxy) is 4. The van der Waals surface area contributed by atoms with E-state index in [2.05, 4.69) is 36.0 Å². The van der Waals surface area contributed by atoms with Crippen LogP contribution in [0.15, 0.2) is 107 Å². The van der Waals surface area contributed by atoms with Crippen molar-refractivity contribution in [3.05, 3.63) is 114 Å². The first-order valence-corrected chi connectivity index (χ1v) is 21.5. The third-order valence-electron chi connectivity index (χ3n) is 11.4. The fourth-order valence-corrected chi connectivity index (χ4v) is 9.73. The second-order valence-electron chi connectivity index (χ2n) is 14.9. The van der Waals surface area contributed by atoms with Crippen molar-refractivity contribution in [3.63, 3.8) is 0 Å². The van der Waals surface area contributed by atoms with E-state index < -0.39 is 23.8 Å². The number of thioether (sulfide) groups is 1. The summed E-state index contributed by atoms with van der Waals surface area (Å²) in [7, 11) is 1.52. The Balaban J connectivity index is 1.51. The molecule has 312 valence electrons. The molecular weight excluding hydrogens is 760 g/mol. The van der Waals surface area contributed by atoms with Crippen LogP contribution in [0.4, 0.5) is 9.18 Å². The molecule has 3 aromatic rings. The van der Waals surface area contributed by atoms with Crippen LogP contribution < -0.4 is 9.47 Å². The summed E-state index contributed by atoms with van der Waals surface area (Å²) >= 11 is 1.73. The van der Waals surface area contributed by atoms with Crippen molar-refractivity contribution >= 4 is 23.6 Å². The predicted molar refractivity (Wildman–Crippen MR) is 224 cm³/mol. The Morgan fingerprint density at radius 1 is 1.05 bits per heavy atom. The number of benzene rings is 3. The van der Waals surface area contributed by atoms with Gasteiger partial charge in [0.15, 0.2) is 0 Å². The maximum absolute atomic E-state index is 14.2. The van der Waals surface area contributed by atoms with Crippen LogP contribution in [-0.2, 0) is 20.9 Å². The van der Waals surface area contributed by atoms with Crippen molar-refractivity contribution in [1.29, 1.82) is 0 Å². The molecule has 1 fully saturated rings. The zero-order chi connectivity index (χ0) is 40.9. The lowest BCUT2D eigenvalue weighted by atomic mass is 9.55. The molecule has 0 radical (unpaired) electrons. The summed E-state index contributed by atoms with van der Waals surface area (Å²) in [6, 6.07) is 21.5. The van der Waals surface area contributed by atoms with Gasteiger partial charge in [-0.2, -0.15) is 0 Å². The fraction of sp³-hybridized carbons (Fsp3) is 0.478. The van der Waals surface area contributed by atoms with Crippen LogP contribution in [0.25, 0.3) is 0 Å². The summed E-state index contributed by atoms with van der Waals surface area (Å²) in [6.07, 6.45) is 8.24. The van der Waals surface area contributed by atoms with E-state index in [0.717, 1.165) is 48.3 Å². The van der Waals surface area contributed by atoms with E-state index in [-0.39, 0.29) is 63.0 Å². The number of aliphatic hydroxyl groups excluding tert-OH is 2. The van der Waals surface area contributed by atoms with Gasteiger partial charge in [0.1, 0.15) is 30.5 Å². The third kappa shape index (κ3) is 9.90. The number of hydrogen-bond acceptors (Lipinski definition) is 10. The molecule has 12 heteroatoms. The molecule has 6 rings (SSSR count). The number of nitrogens with zero attached hydrogens (tertiary/aromatic N) is 2. The number of allylic oxidation sites excluding steroid dienone is 1. The minimum atomic E-state index is -1.45. The van der Waals surface area contributed by atoms with E-state index in [1.807, 2.05) is 30.3 Å². The van der Waals surface area contributed by atoms with Gasteiger partial charge in [-0.25, -0.2) is 9.18 Å². The molecule has 2 aliphatic carbocycles. The second kappa shape index (κ2) is 21.1. The van der Waals surface area contributed by atoms with Crippen LogP contribution in [0, 0.1) is 23.6 Å². The number of fused-ring (bicyclic) bond motifs is 2. The number of carbonyl (C=O) groups excluding carboxylic acids is 1. The Morgan fingerprint density at radius 2 is 1.81 bits per heavy atom. The fourth-order valence-electron chi connectivity index (χ4n) is 8.98. The number of amides is 1. The number of rotatable bonds is 21. The van der Waals surface area contributed by atoms with Gasteiger partial charge in [-0.3, -0.25) is 4.90 Å². The van der Waals surface area contributed by atoms with Crippen molar-refractivity contribution in [2.24, 2.45) is 22.9 Å². The summed E-state index contributed by atoms with van der Waals surface area (Å²) in [5, 5.41) is 24.3. The minimum Gasteiger partial charge on any atom is -0.493 e. The topological polar surface area (TPSA) is 119 Å². The van der Waals surface area contributed by atoms with E-state index in [1.54, 1.807) is 41.8 Å². The molecule has 1 saturated carbocycles. The smallest absolute Gasteiger partial charge is 0.410 e. The van der Waals surface area contributed by atoms with E-state index >= 15 is 0 Å². The van der Waals surface area contributed by atoms with Crippen molar-refractivity contribution in [2.75, 3.05) is 45.9 Å². The van der Waals surface area contributed by atoms with Gasteiger partial charge in [-0.1, -0.05) is 60.5 Å². The molecule has 10 nitrogen and oxygen atoms in total. The molecule has 1 aliphatic heterocycles. The van der Waals surface area contributed by atoms with Crippen molar-refractivity contribution in [1.82, 2.24) is 4.90 Å². The summed E-state index contributed by atoms with van der Waals surface area (Å²) in [5.74, 6) is -0.233. The van der Waals surface area contributed by atoms with Gasteiger partial charge in [0.2, 0.25) is 5.79 Å². The monoisotopic (exact) mass is 816 g/mol. The Hall–Kier alpha value is -4.36. The molecule has 3 aliphatic rings. The van der Waals surface area contributed by atoms with Crippen LogP contribution in [0.2, 0.25) is 0 Å². The predicted octanol–water partition coefficient (Wildman–Crippen LogP) is 8.92. The third-order valence-corrected chi connectivity index (χ3v) is 12.3. The maximum atomic E-state index is 14.2. The number of oxime groups is 1. The Bertz CT molecular complexity index is 1860. The standard InChI is InChI=1S/C46H57FN2O8S/c1-4-25-56-46-42(49(45(52)54-5-2)31-32-17-19-34(47)20-18-32)30-40(48-53-3)38-28-33(13-9-11-23-50)37(16-10-12-24-51)43(44(38)46)39-29-35(21-22-41(39)57-46)55-26-27-58-36-14-7-6-8-15-36/h4,6-8,14-15,17-22,28-29,33,37,42-44,50-51H,1,5,9-13,16,23-27,30-31H2,2-3H3. The summed E-state index contributed by atoms with van der Waals surface area (Å²) in [6.45, 7) is 6.81. The van der Waals surface area contributed by atoms with Gasteiger partial charge < -0.3 is 34.0 Å². The molecule has 0 aromatic heterocycles. The van der Waals surface area contributed by atoms with Crippen molar-refractivity contribution in [2.45, 2.75) is 81.1 Å². The maximum Gasteiger partial charge on any atom is 0.410 e. The lowest BCUT2D eigenvalue weighted by Crippen LogP contribution is -2.70. The molecule has 1 amide bonds. The minimum absolute atomic E-state index is 0.0629. The van der Waals surface area contributed by atoms with Gasteiger partial charge in [-0.15, -0.1) is 18.3 Å². The summed E-state index contributed by atoms with van der Waals surface area (Å²) in [4.78, 5) is 22.6. The van der Waals surface area contributed by atoms with Gasteiger partial charge in [0.25, 0.3) is 0 Å². The highest BCUT2D eigenvalue weighted by atomic mass is 32.2. The quantitative estimate of drug-likeness (QED) is 0.0470. The Kier molecular flexibility index (Phi) is 15.7. The van der Waals surface area contributed by atoms with Gasteiger partial charge in [0, 0.05) is 48.3 Å². The number of aliphatic hydroxyl groups is 2. The summed E-state index contributed by atoms with van der Waals surface area (Å²) in [5.41, 5.74) is 3.28. The first kappa shape index (κ1) is 43.2.